The van der Waals surface area contributed by atoms with E-state index in [-0.39, 0.29) is 18.1 Å². The number of hydrogen-bond acceptors (Lipinski definition) is 5. The van der Waals surface area contributed by atoms with Crippen LogP contribution in [0.1, 0.15) is 47.3 Å². The van der Waals surface area contributed by atoms with Crippen LogP contribution in [-0.4, -0.2) is 41.2 Å². The fourth-order valence-electron chi connectivity index (χ4n) is 1.59. The summed E-state index contributed by atoms with van der Waals surface area (Å²) >= 11 is 5.22. The summed E-state index contributed by atoms with van der Waals surface area (Å²) in [5, 5.41) is 5.61. The van der Waals surface area contributed by atoms with Gasteiger partial charge in [-0.3, -0.25) is 9.59 Å². The van der Waals surface area contributed by atoms with Crippen LogP contribution in [0.3, 0.4) is 0 Å². The van der Waals surface area contributed by atoms with Crippen LogP contribution in [-0.2, 0) is 4.74 Å². The van der Waals surface area contributed by atoms with Crippen molar-refractivity contribution in [1.29, 1.82) is 0 Å². The maximum Gasteiger partial charge on any atom is 0.271 e. The smallest absolute Gasteiger partial charge is 0.271 e. The summed E-state index contributed by atoms with van der Waals surface area (Å²) in [6.45, 7) is 5.70. The topological polar surface area (TPSA) is 106 Å². The van der Waals surface area contributed by atoms with Gasteiger partial charge in [0.2, 0.25) is 0 Å². The van der Waals surface area contributed by atoms with Gasteiger partial charge in [-0.15, -0.1) is 0 Å². The number of pyridine rings is 1. The fourth-order valence-corrected chi connectivity index (χ4v) is 1.81. The molecule has 8 heteroatoms. The Morgan fingerprint density at radius 2 is 2.00 bits per heavy atom. The van der Waals surface area contributed by atoms with Gasteiger partial charge in [0, 0.05) is 18.2 Å². The van der Waals surface area contributed by atoms with Gasteiger partial charge in [0.1, 0.15) is 23.1 Å². The molecule has 0 atom stereocenters. The van der Waals surface area contributed by atoms with Crippen molar-refractivity contribution < 1.29 is 14.3 Å². The van der Waals surface area contributed by atoms with Gasteiger partial charge in [0.15, 0.2) is 0 Å². The maximum atomic E-state index is 12.4. The quantitative estimate of drug-likeness (QED) is 0.540. The minimum atomic E-state index is -0.716. The molecule has 120 valence electrons. The molecule has 4 N–H and O–H groups in total. The summed E-state index contributed by atoms with van der Waals surface area (Å²) in [6.07, 6.45) is 0. The van der Waals surface area contributed by atoms with Crippen molar-refractivity contribution in [1.82, 2.24) is 15.6 Å². The van der Waals surface area contributed by atoms with Gasteiger partial charge in [0.05, 0.1) is 0 Å². The Hall–Kier alpha value is -2.06. The predicted octanol–water partition coefficient (Wildman–Crippen LogP) is 0.578. The van der Waals surface area contributed by atoms with Crippen LogP contribution >= 0.6 is 12.2 Å². The molecule has 22 heavy (non-hydrogen) atoms. The molecule has 0 saturated heterocycles. The van der Waals surface area contributed by atoms with Gasteiger partial charge in [0.25, 0.3) is 11.8 Å². The SMILES string of the molecule is COCNC(=S)c1ccc(C(N)=O)nc1C(=O)NC(C)(C)C. The lowest BCUT2D eigenvalue weighted by molar-refractivity contribution is 0.0914. The third-order valence-corrected chi connectivity index (χ3v) is 2.84. The van der Waals surface area contributed by atoms with Gasteiger partial charge in [-0.2, -0.15) is 0 Å². The first-order chi connectivity index (χ1) is 10.2. The van der Waals surface area contributed by atoms with Gasteiger partial charge < -0.3 is 21.1 Å². The number of carbonyl (C=O) groups is 2. The first kappa shape index (κ1) is 18.0. The van der Waals surface area contributed by atoms with E-state index in [2.05, 4.69) is 15.6 Å². The highest BCUT2D eigenvalue weighted by atomic mass is 32.1. The van der Waals surface area contributed by atoms with E-state index in [1.807, 2.05) is 20.8 Å². The van der Waals surface area contributed by atoms with E-state index >= 15 is 0 Å². The Bertz CT molecular complexity index is 596. The fraction of sp³-hybridized carbons (Fsp3) is 0.429. The zero-order valence-corrected chi connectivity index (χ0v) is 13.8. The van der Waals surface area contributed by atoms with Crippen molar-refractivity contribution in [2.75, 3.05) is 13.8 Å². The second-order valence-electron chi connectivity index (χ2n) is 5.60. The number of thiocarbonyl (C=S) groups is 1. The van der Waals surface area contributed by atoms with Crippen molar-refractivity contribution in [2.24, 2.45) is 5.73 Å². The first-order valence-electron chi connectivity index (χ1n) is 6.56. The summed E-state index contributed by atoms with van der Waals surface area (Å²) in [6, 6.07) is 2.96. The van der Waals surface area contributed by atoms with E-state index in [9.17, 15) is 9.59 Å². The van der Waals surface area contributed by atoms with Crippen molar-refractivity contribution in [3.05, 3.63) is 29.1 Å². The number of aromatic nitrogens is 1. The van der Waals surface area contributed by atoms with Crippen LogP contribution in [0, 0.1) is 0 Å². The highest BCUT2D eigenvalue weighted by Crippen LogP contribution is 2.11. The summed E-state index contributed by atoms with van der Waals surface area (Å²) in [5.41, 5.74) is 5.20. The van der Waals surface area contributed by atoms with Gasteiger partial charge in [-0.05, 0) is 32.9 Å². The van der Waals surface area contributed by atoms with Crippen molar-refractivity contribution >= 4 is 29.0 Å². The number of nitrogens with zero attached hydrogens (tertiary/aromatic N) is 1. The van der Waals surface area contributed by atoms with Crippen molar-refractivity contribution in [2.45, 2.75) is 26.3 Å². The second-order valence-corrected chi connectivity index (χ2v) is 6.01. The molecular weight excluding hydrogens is 304 g/mol. The first-order valence-corrected chi connectivity index (χ1v) is 6.97. The largest absolute Gasteiger partial charge is 0.365 e. The van der Waals surface area contributed by atoms with Crippen LogP contribution in [0.4, 0.5) is 0 Å². The normalized spacial score (nSPS) is 10.9. The number of amides is 2. The van der Waals surface area contributed by atoms with Crippen LogP contribution in [0.15, 0.2) is 12.1 Å². The molecule has 0 aromatic carbocycles. The molecule has 0 unspecified atom stereocenters. The zero-order chi connectivity index (χ0) is 16.9. The molecule has 1 aromatic heterocycles. The lowest BCUT2D eigenvalue weighted by Gasteiger charge is -2.21. The molecule has 0 spiro atoms. The second kappa shape index (κ2) is 7.28. The highest BCUT2D eigenvalue weighted by Gasteiger charge is 2.22. The molecule has 1 aromatic rings. The molecule has 0 radical (unpaired) electrons. The minimum Gasteiger partial charge on any atom is -0.365 e. The molecule has 7 nitrogen and oxygen atoms in total. The summed E-state index contributed by atoms with van der Waals surface area (Å²) < 4.78 is 4.88. The molecule has 0 aliphatic heterocycles. The molecule has 0 saturated carbocycles. The Morgan fingerprint density at radius 3 is 2.50 bits per heavy atom. The van der Waals surface area contributed by atoms with Gasteiger partial charge in [-0.1, -0.05) is 12.2 Å². The number of methoxy groups -OCH3 is 1. The maximum absolute atomic E-state index is 12.4. The van der Waals surface area contributed by atoms with E-state index < -0.39 is 17.4 Å². The van der Waals surface area contributed by atoms with E-state index in [1.165, 1.54) is 19.2 Å². The average molecular weight is 324 g/mol. The van der Waals surface area contributed by atoms with E-state index in [4.69, 9.17) is 22.7 Å². The number of rotatable bonds is 5. The number of carbonyl (C=O) groups excluding carboxylic acids is 2. The van der Waals surface area contributed by atoms with Gasteiger partial charge in [-0.25, -0.2) is 4.98 Å². The molecule has 0 bridgehead atoms. The number of nitrogens with one attached hydrogen (secondary N) is 2. The minimum absolute atomic E-state index is 0.00245. The average Bonchev–Trinajstić information content (AvgIpc) is 2.42. The molecule has 1 rings (SSSR count). The standard InChI is InChI=1S/C14H20N4O3S/c1-14(2,3)18-12(20)10-8(13(22)16-7-21-4)5-6-9(17-10)11(15)19/h5-6H,7H2,1-4H3,(H2,15,19)(H,16,22)(H,18,20). The monoisotopic (exact) mass is 324 g/mol. The van der Waals surface area contributed by atoms with E-state index in [1.54, 1.807) is 0 Å². The Labute approximate surface area is 134 Å². The third kappa shape index (κ3) is 5.05. The zero-order valence-electron chi connectivity index (χ0n) is 13.0. The highest BCUT2D eigenvalue weighted by molar-refractivity contribution is 7.80. The third-order valence-electron chi connectivity index (χ3n) is 2.47. The van der Waals surface area contributed by atoms with Crippen LogP contribution < -0.4 is 16.4 Å². The van der Waals surface area contributed by atoms with E-state index in [0.717, 1.165) is 0 Å². The summed E-state index contributed by atoms with van der Waals surface area (Å²) in [4.78, 5) is 28.0. The number of primary amides is 1. The Morgan fingerprint density at radius 1 is 1.36 bits per heavy atom. The van der Waals surface area contributed by atoms with Crippen LogP contribution in [0.2, 0.25) is 0 Å². The Kier molecular flexibility index (Phi) is 5.95. The number of hydrogen-bond donors (Lipinski definition) is 3. The van der Waals surface area contributed by atoms with Crippen LogP contribution in [0.25, 0.3) is 0 Å². The summed E-state index contributed by atoms with van der Waals surface area (Å²) in [7, 11) is 1.51. The molecular formula is C14H20N4O3S. The van der Waals surface area contributed by atoms with Gasteiger partial charge >= 0.3 is 0 Å². The van der Waals surface area contributed by atoms with Crippen LogP contribution in [0.5, 0.6) is 0 Å². The van der Waals surface area contributed by atoms with E-state index in [0.29, 0.717) is 10.6 Å². The lowest BCUT2D eigenvalue weighted by Crippen LogP contribution is -2.42. The molecule has 0 aliphatic rings. The molecule has 0 fully saturated rings. The summed E-state index contributed by atoms with van der Waals surface area (Å²) in [5.74, 6) is -1.15. The number of ether oxygens (including phenoxy) is 1. The molecule has 2 amide bonds. The molecule has 0 aliphatic carbocycles. The number of nitrogens with two attached hydrogens (primary N) is 1. The Balaban J connectivity index is 3.23. The molecule has 1 heterocycles. The van der Waals surface area contributed by atoms with Crippen molar-refractivity contribution in [3.63, 3.8) is 0 Å². The van der Waals surface area contributed by atoms with Crippen molar-refractivity contribution in [3.8, 4) is 0 Å². The predicted molar refractivity (Wildman–Crippen MR) is 86.7 cm³/mol. The lowest BCUT2D eigenvalue weighted by atomic mass is 10.1.